The highest BCUT2D eigenvalue weighted by atomic mass is 79.9. The Balaban J connectivity index is 0.00000225. The van der Waals surface area contributed by atoms with E-state index in [4.69, 9.17) is 32.7 Å². The molecule has 1 heterocycles. The molecule has 0 aliphatic carbocycles. The van der Waals surface area contributed by atoms with E-state index < -0.39 is 0 Å². The fourth-order valence-corrected chi connectivity index (χ4v) is 3.58. The van der Waals surface area contributed by atoms with Gasteiger partial charge in [-0.3, -0.25) is 4.98 Å². The van der Waals surface area contributed by atoms with Gasteiger partial charge in [-0.25, -0.2) is 0 Å². The van der Waals surface area contributed by atoms with Crippen molar-refractivity contribution in [3.05, 3.63) is 86.1 Å². The van der Waals surface area contributed by atoms with Gasteiger partial charge in [-0.15, -0.1) is 24.8 Å². The number of benzene rings is 2. The zero-order valence-electron chi connectivity index (χ0n) is 16.0. The van der Waals surface area contributed by atoms with Gasteiger partial charge in [0.2, 0.25) is 0 Å². The highest BCUT2D eigenvalue weighted by Gasteiger charge is 2.12. The number of halogens is 5. The molecule has 0 bridgehead atoms. The summed E-state index contributed by atoms with van der Waals surface area (Å²) >= 11 is 15.6. The summed E-state index contributed by atoms with van der Waals surface area (Å²) in [5, 5.41) is 4.44. The lowest BCUT2D eigenvalue weighted by Crippen LogP contribution is -2.13. The van der Waals surface area contributed by atoms with Crippen molar-refractivity contribution >= 4 is 63.9 Å². The first-order chi connectivity index (χ1) is 13.6. The van der Waals surface area contributed by atoms with Gasteiger partial charge < -0.3 is 14.8 Å². The van der Waals surface area contributed by atoms with Gasteiger partial charge in [0.1, 0.15) is 6.61 Å². The van der Waals surface area contributed by atoms with Gasteiger partial charge in [-0.05, 0) is 69.0 Å². The smallest absolute Gasteiger partial charge is 0.175 e. The van der Waals surface area contributed by atoms with Crippen molar-refractivity contribution in [1.29, 1.82) is 0 Å². The van der Waals surface area contributed by atoms with E-state index in [0.29, 0.717) is 34.7 Å². The normalized spacial score (nSPS) is 10.0. The first kappa shape index (κ1) is 26.8. The zero-order valence-corrected chi connectivity index (χ0v) is 20.8. The minimum absolute atomic E-state index is 0. The van der Waals surface area contributed by atoms with Gasteiger partial charge in [0.05, 0.1) is 21.6 Å². The lowest BCUT2D eigenvalue weighted by molar-refractivity contribution is 0.282. The molecule has 0 saturated heterocycles. The molecule has 0 radical (unpaired) electrons. The second kappa shape index (κ2) is 13.3. The molecular formula is C21H21BrCl4N2O2. The maximum absolute atomic E-state index is 6.07. The van der Waals surface area contributed by atoms with Crippen LogP contribution in [0.3, 0.4) is 0 Å². The Bertz CT molecular complexity index is 946. The van der Waals surface area contributed by atoms with E-state index in [1.54, 1.807) is 31.6 Å². The van der Waals surface area contributed by atoms with Crippen molar-refractivity contribution in [3.63, 3.8) is 0 Å². The number of ether oxygens (including phenoxy) is 2. The van der Waals surface area contributed by atoms with Crippen LogP contribution in [-0.2, 0) is 19.7 Å². The van der Waals surface area contributed by atoms with Gasteiger partial charge in [0, 0.05) is 25.5 Å². The van der Waals surface area contributed by atoms with Crippen LogP contribution in [0.4, 0.5) is 0 Å². The van der Waals surface area contributed by atoms with Gasteiger partial charge in [-0.1, -0.05) is 29.3 Å². The fraction of sp³-hybridized carbons (Fsp3) is 0.190. The molecule has 0 aliphatic heterocycles. The average Bonchev–Trinajstić information content (AvgIpc) is 2.70. The lowest BCUT2D eigenvalue weighted by Gasteiger charge is -2.15. The fourth-order valence-electron chi connectivity index (χ4n) is 2.65. The van der Waals surface area contributed by atoms with Crippen molar-refractivity contribution in [2.45, 2.75) is 19.7 Å². The SMILES string of the molecule is COc1cc(CNCc2ccncc2)cc(Br)c1OCc1ccc(Cl)c(Cl)c1.Cl.Cl. The summed E-state index contributed by atoms with van der Waals surface area (Å²) in [5.41, 5.74) is 3.19. The first-order valence-corrected chi connectivity index (χ1v) is 10.1. The first-order valence-electron chi connectivity index (χ1n) is 8.59. The van der Waals surface area contributed by atoms with Crippen molar-refractivity contribution < 1.29 is 9.47 Å². The third kappa shape index (κ3) is 7.49. The number of pyridine rings is 1. The van der Waals surface area contributed by atoms with Gasteiger partial charge in [0.15, 0.2) is 11.5 Å². The molecule has 0 spiro atoms. The van der Waals surface area contributed by atoms with E-state index in [-0.39, 0.29) is 24.8 Å². The number of hydrogen-bond acceptors (Lipinski definition) is 4. The van der Waals surface area contributed by atoms with Crippen LogP contribution >= 0.6 is 63.9 Å². The Morgan fingerprint density at radius 1 is 0.900 bits per heavy atom. The highest BCUT2D eigenvalue weighted by molar-refractivity contribution is 9.10. The number of hydrogen-bond donors (Lipinski definition) is 1. The molecule has 1 aromatic heterocycles. The number of aromatic nitrogens is 1. The third-order valence-electron chi connectivity index (χ3n) is 4.06. The van der Waals surface area contributed by atoms with E-state index in [2.05, 4.69) is 26.2 Å². The number of methoxy groups -OCH3 is 1. The van der Waals surface area contributed by atoms with E-state index in [0.717, 1.165) is 22.1 Å². The van der Waals surface area contributed by atoms with Crippen LogP contribution in [0.25, 0.3) is 0 Å². The van der Waals surface area contributed by atoms with Crippen molar-refractivity contribution in [3.8, 4) is 11.5 Å². The minimum atomic E-state index is 0. The lowest BCUT2D eigenvalue weighted by atomic mass is 10.2. The molecular weight excluding hydrogens is 534 g/mol. The molecule has 162 valence electrons. The van der Waals surface area contributed by atoms with Crippen LogP contribution in [0.15, 0.2) is 59.3 Å². The number of nitrogens with one attached hydrogen (secondary N) is 1. The largest absolute Gasteiger partial charge is 0.493 e. The quantitative estimate of drug-likeness (QED) is 0.330. The molecule has 30 heavy (non-hydrogen) atoms. The average molecular weight is 555 g/mol. The third-order valence-corrected chi connectivity index (χ3v) is 5.39. The van der Waals surface area contributed by atoms with Gasteiger partial charge >= 0.3 is 0 Å². The predicted molar refractivity (Wildman–Crippen MR) is 131 cm³/mol. The standard InChI is InChI=1S/C21H19BrCl2N2O2.2ClH/c1-27-20-10-16(12-26-11-14-4-6-25-7-5-14)8-17(22)21(20)28-13-15-2-3-18(23)19(24)9-15;;/h2-10,26H,11-13H2,1H3;2*1H. The number of nitrogens with zero attached hydrogens (tertiary/aromatic N) is 1. The topological polar surface area (TPSA) is 43.4 Å². The summed E-state index contributed by atoms with van der Waals surface area (Å²) in [4.78, 5) is 4.03. The summed E-state index contributed by atoms with van der Waals surface area (Å²) < 4.78 is 12.3. The number of rotatable bonds is 8. The Hall–Kier alpha value is -1.21. The highest BCUT2D eigenvalue weighted by Crippen LogP contribution is 2.37. The minimum Gasteiger partial charge on any atom is -0.493 e. The monoisotopic (exact) mass is 552 g/mol. The molecule has 1 N–H and O–H groups in total. The van der Waals surface area contributed by atoms with Crippen molar-refractivity contribution in [2.75, 3.05) is 7.11 Å². The molecule has 0 aliphatic rings. The van der Waals surface area contributed by atoms with Crippen LogP contribution in [-0.4, -0.2) is 12.1 Å². The molecule has 4 nitrogen and oxygen atoms in total. The second-order valence-corrected chi connectivity index (χ2v) is 7.77. The Morgan fingerprint density at radius 3 is 2.27 bits per heavy atom. The molecule has 0 fully saturated rings. The molecule has 9 heteroatoms. The Morgan fingerprint density at radius 2 is 1.60 bits per heavy atom. The van der Waals surface area contributed by atoms with Crippen LogP contribution < -0.4 is 14.8 Å². The van der Waals surface area contributed by atoms with Crippen molar-refractivity contribution in [1.82, 2.24) is 10.3 Å². The predicted octanol–water partition coefficient (Wildman–Crippen LogP) is 6.87. The molecule has 0 atom stereocenters. The van der Waals surface area contributed by atoms with E-state index in [1.165, 1.54) is 5.56 Å². The summed E-state index contributed by atoms with van der Waals surface area (Å²) in [6.07, 6.45) is 3.58. The van der Waals surface area contributed by atoms with Crippen LogP contribution in [0.1, 0.15) is 16.7 Å². The van der Waals surface area contributed by atoms with Crippen molar-refractivity contribution in [2.24, 2.45) is 0 Å². The van der Waals surface area contributed by atoms with Crippen LogP contribution in [0.2, 0.25) is 10.0 Å². The summed E-state index contributed by atoms with van der Waals surface area (Å²) in [7, 11) is 1.63. The van der Waals surface area contributed by atoms with E-state index >= 15 is 0 Å². The van der Waals surface area contributed by atoms with Gasteiger partial charge in [-0.2, -0.15) is 0 Å². The molecule has 3 rings (SSSR count). The second-order valence-electron chi connectivity index (χ2n) is 6.11. The Labute approximate surface area is 207 Å². The van der Waals surface area contributed by atoms with Gasteiger partial charge in [0.25, 0.3) is 0 Å². The van der Waals surface area contributed by atoms with E-state index in [9.17, 15) is 0 Å². The summed E-state index contributed by atoms with van der Waals surface area (Å²) in [6, 6.07) is 13.4. The zero-order chi connectivity index (χ0) is 19.9. The molecule has 0 saturated carbocycles. The summed E-state index contributed by atoms with van der Waals surface area (Å²) in [5.74, 6) is 1.31. The Kier molecular flexibility index (Phi) is 11.9. The molecule has 3 aromatic rings. The van der Waals surface area contributed by atoms with Crippen LogP contribution in [0, 0.1) is 0 Å². The van der Waals surface area contributed by atoms with Crippen LogP contribution in [0.5, 0.6) is 11.5 Å². The van der Waals surface area contributed by atoms with E-state index in [1.807, 2.05) is 30.3 Å². The maximum atomic E-state index is 6.07. The maximum Gasteiger partial charge on any atom is 0.175 e. The summed E-state index contributed by atoms with van der Waals surface area (Å²) in [6.45, 7) is 1.81. The molecule has 0 amide bonds. The molecule has 2 aromatic carbocycles. The molecule has 0 unspecified atom stereocenters.